The Morgan fingerprint density at radius 2 is 1.96 bits per heavy atom. The van der Waals surface area contributed by atoms with Crippen LogP contribution in [0.4, 0.5) is 4.39 Å². The highest BCUT2D eigenvalue weighted by Gasteiger charge is 2.35. The van der Waals surface area contributed by atoms with E-state index in [-0.39, 0.29) is 11.9 Å². The maximum absolute atomic E-state index is 14.1. The maximum atomic E-state index is 14.1. The Morgan fingerprint density at radius 3 is 2.72 bits per heavy atom. The summed E-state index contributed by atoms with van der Waals surface area (Å²) in [5, 5.41) is 0. The monoisotopic (exact) mass is 339 g/mol. The molecule has 3 nitrogen and oxygen atoms in total. The molecule has 1 fully saturated rings. The lowest BCUT2D eigenvalue weighted by molar-refractivity contribution is -0.0403. The number of fused-ring (bicyclic) bond motifs is 2. The second kappa shape index (κ2) is 6.98. The van der Waals surface area contributed by atoms with Gasteiger partial charge in [0.25, 0.3) is 0 Å². The third-order valence-corrected chi connectivity index (χ3v) is 5.07. The number of para-hydroxylation sites is 1. The van der Waals surface area contributed by atoms with Gasteiger partial charge in [-0.05, 0) is 23.6 Å². The molecule has 0 saturated carbocycles. The summed E-state index contributed by atoms with van der Waals surface area (Å²) < 4.78 is 25.2. The van der Waals surface area contributed by atoms with Gasteiger partial charge in [-0.1, -0.05) is 48.5 Å². The summed E-state index contributed by atoms with van der Waals surface area (Å²) in [6, 6.07) is 16.1. The largest absolute Gasteiger partial charge is 0.493 e. The average Bonchev–Trinajstić information content (AvgIpc) is 2.62. The quantitative estimate of drug-likeness (QED) is 0.843. The van der Waals surface area contributed by atoms with Crippen LogP contribution < -0.4 is 4.74 Å². The van der Waals surface area contributed by atoms with E-state index in [2.05, 4.69) is 35.2 Å². The number of morpholine rings is 1. The second-order valence-corrected chi connectivity index (χ2v) is 6.63. The fraction of sp³-hybridized carbons (Fsp3) is 0.333. The Morgan fingerprint density at radius 1 is 1.12 bits per heavy atom. The summed E-state index contributed by atoms with van der Waals surface area (Å²) >= 11 is 0. The third kappa shape index (κ3) is 3.20. The van der Waals surface area contributed by atoms with Gasteiger partial charge in [0, 0.05) is 18.2 Å². The lowest BCUT2D eigenvalue weighted by Gasteiger charge is -2.45. The molecule has 0 spiro atoms. The number of halogens is 1. The standard InChI is InChI=1S/C21H22FNO2/c1-24-21-19(8-5-9-20(21)22)16-10-17-13-25-14-18(11-16)23(17)12-15-6-3-2-4-7-15/h2-10,17-18H,11-14H2,1H3. The van der Waals surface area contributed by atoms with E-state index in [1.165, 1.54) is 18.7 Å². The number of benzene rings is 2. The van der Waals surface area contributed by atoms with Crippen molar-refractivity contribution in [3.63, 3.8) is 0 Å². The molecule has 2 aromatic rings. The first-order valence-corrected chi connectivity index (χ1v) is 8.67. The average molecular weight is 339 g/mol. The van der Waals surface area contributed by atoms with Crippen LogP contribution in [0.3, 0.4) is 0 Å². The summed E-state index contributed by atoms with van der Waals surface area (Å²) in [7, 11) is 1.52. The van der Waals surface area contributed by atoms with Crippen LogP contribution >= 0.6 is 0 Å². The smallest absolute Gasteiger partial charge is 0.165 e. The highest BCUT2D eigenvalue weighted by Crippen LogP contribution is 2.37. The number of ether oxygens (including phenoxy) is 2. The Kier molecular flexibility index (Phi) is 4.55. The molecule has 2 aliphatic rings. The van der Waals surface area contributed by atoms with E-state index in [1.54, 1.807) is 6.07 Å². The molecular formula is C21H22FNO2. The Balaban J connectivity index is 1.65. The van der Waals surface area contributed by atoms with Crippen LogP contribution in [0.5, 0.6) is 5.75 Å². The zero-order valence-electron chi connectivity index (χ0n) is 14.3. The SMILES string of the molecule is COc1c(F)cccc1C1=CC2COCC(C1)N2Cc1ccccc1. The second-order valence-electron chi connectivity index (χ2n) is 6.63. The zero-order chi connectivity index (χ0) is 17.2. The van der Waals surface area contributed by atoms with Gasteiger partial charge in [0.1, 0.15) is 0 Å². The van der Waals surface area contributed by atoms with Gasteiger partial charge < -0.3 is 9.47 Å². The third-order valence-electron chi connectivity index (χ3n) is 5.07. The minimum atomic E-state index is -0.311. The molecule has 0 aliphatic carbocycles. The summed E-state index contributed by atoms with van der Waals surface area (Å²) in [5.74, 6) is 0.0262. The van der Waals surface area contributed by atoms with E-state index >= 15 is 0 Å². The number of methoxy groups -OCH3 is 1. The van der Waals surface area contributed by atoms with E-state index in [1.807, 2.05) is 12.1 Å². The van der Waals surface area contributed by atoms with Crippen LogP contribution in [0.1, 0.15) is 17.5 Å². The molecule has 25 heavy (non-hydrogen) atoms. The van der Waals surface area contributed by atoms with Crippen molar-refractivity contribution in [2.24, 2.45) is 0 Å². The Labute approximate surface area is 147 Å². The lowest BCUT2D eigenvalue weighted by atomic mass is 9.89. The van der Waals surface area contributed by atoms with Crippen LogP contribution in [-0.2, 0) is 11.3 Å². The molecule has 0 N–H and O–H groups in total. The summed E-state index contributed by atoms with van der Waals surface area (Å²) in [4.78, 5) is 2.49. The number of rotatable bonds is 4. The van der Waals surface area contributed by atoms with Crippen molar-refractivity contribution in [2.45, 2.75) is 25.0 Å². The van der Waals surface area contributed by atoms with Gasteiger partial charge in [0.15, 0.2) is 11.6 Å². The zero-order valence-corrected chi connectivity index (χ0v) is 14.3. The molecule has 0 amide bonds. The van der Waals surface area contributed by atoms with Crippen molar-refractivity contribution in [2.75, 3.05) is 20.3 Å². The highest BCUT2D eigenvalue weighted by molar-refractivity contribution is 5.72. The van der Waals surface area contributed by atoms with E-state index in [0.717, 1.165) is 24.1 Å². The predicted octanol–water partition coefficient (Wildman–Crippen LogP) is 3.89. The van der Waals surface area contributed by atoms with E-state index in [4.69, 9.17) is 9.47 Å². The van der Waals surface area contributed by atoms with Gasteiger partial charge in [0.05, 0.1) is 26.4 Å². The molecule has 4 rings (SSSR count). The number of hydrogen-bond acceptors (Lipinski definition) is 3. The van der Waals surface area contributed by atoms with Crippen molar-refractivity contribution in [3.8, 4) is 5.75 Å². The molecule has 4 heteroatoms. The van der Waals surface area contributed by atoms with Gasteiger partial charge >= 0.3 is 0 Å². The van der Waals surface area contributed by atoms with Crippen molar-refractivity contribution >= 4 is 5.57 Å². The molecule has 0 radical (unpaired) electrons. The first kappa shape index (κ1) is 16.3. The predicted molar refractivity (Wildman–Crippen MR) is 95.9 cm³/mol. The summed E-state index contributed by atoms with van der Waals surface area (Å²) in [6.07, 6.45) is 3.05. The fourth-order valence-corrected chi connectivity index (χ4v) is 3.87. The molecule has 2 bridgehead atoms. The maximum Gasteiger partial charge on any atom is 0.165 e. The highest BCUT2D eigenvalue weighted by atomic mass is 19.1. The van der Waals surface area contributed by atoms with Crippen LogP contribution in [0, 0.1) is 5.82 Å². The lowest BCUT2D eigenvalue weighted by Crippen LogP contribution is -2.53. The van der Waals surface area contributed by atoms with Gasteiger partial charge in [-0.2, -0.15) is 0 Å². The minimum Gasteiger partial charge on any atom is -0.493 e. The normalized spacial score (nSPS) is 23.2. The van der Waals surface area contributed by atoms with Gasteiger partial charge in [-0.3, -0.25) is 4.90 Å². The van der Waals surface area contributed by atoms with E-state index in [9.17, 15) is 4.39 Å². The molecule has 130 valence electrons. The topological polar surface area (TPSA) is 21.7 Å². The van der Waals surface area contributed by atoms with Gasteiger partial charge in [0.2, 0.25) is 0 Å². The van der Waals surface area contributed by atoms with Crippen LogP contribution in [-0.4, -0.2) is 37.3 Å². The van der Waals surface area contributed by atoms with Crippen LogP contribution in [0.25, 0.3) is 5.57 Å². The van der Waals surface area contributed by atoms with Gasteiger partial charge in [-0.25, -0.2) is 4.39 Å². The number of hydrogen-bond donors (Lipinski definition) is 0. The Bertz CT molecular complexity index is 775. The van der Waals surface area contributed by atoms with E-state index in [0.29, 0.717) is 25.0 Å². The van der Waals surface area contributed by atoms with Crippen molar-refractivity contribution < 1.29 is 13.9 Å². The minimum absolute atomic E-state index is 0.204. The molecule has 2 aliphatic heterocycles. The van der Waals surface area contributed by atoms with Crippen LogP contribution in [0.15, 0.2) is 54.6 Å². The fourth-order valence-electron chi connectivity index (χ4n) is 3.87. The molecular weight excluding hydrogens is 317 g/mol. The van der Waals surface area contributed by atoms with Crippen LogP contribution in [0.2, 0.25) is 0 Å². The summed E-state index contributed by atoms with van der Waals surface area (Å²) in [6.45, 7) is 2.28. The van der Waals surface area contributed by atoms with Crippen molar-refractivity contribution in [3.05, 3.63) is 71.6 Å². The Hall–Kier alpha value is -2.17. The first-order valence-electron chi connectivity index (χ1n) is 8.67. The molecule has 1 saturated heterocycles. The van der Waals surface area contributed by atoms with E-state index < -0.39 is 0 Å². The molecule has 2 aromatic carbocycles. The van der Waals surface area contributed by atoms with Gasteiger partial charge in [-0.15, -0.1) is 0 Å². The molecule has 2 heterocycles. The first-order chi connectivity index (χ1) is 12.3. The molecule has 2 unspecified atom stereocenters. The van der Waals surface area contributed by atoms with Crippen molar-refractivity contribution in [1.29, 1.82) is 0 Å². The van der Waals surface area contributed by atoms with Crippen molar-refractivity contribution in [1.82, 2.24) is 4.90 Å². The number of nitrogens with zero attached hydrogens (tertiary/aromatic N) is 1. The molecule has 2 atom stereocenters. The molecule has 0 aromatic heterocycles. The summed E-state index contributed by atoms with van der Waals surface area (Å²) in [5.41, 5.74) is 3.32.